The van der Waals surface area contributed by atoms with Crippen molar-refractivity contribution in [3.63, 3.8) is 0 Å². The first-order valence-electron chi connectivity index (χ1n) is 11.0. The van der Waals surface area contributed by atoms with E-state index in [-0.39, 0.29) is 42.8 Å². The van der Waals surface area contributed by atoms with E-state index in [2.05, 4.69) is 22.1 Å². The van der Waals surface area contributed by atoms with Crippen LogP contribution in [0, 0.1) is 0 Å². The number of aryl methyl sites for hydroxylation is 1. The molecule has 1 atom stereocenters. The standard InChI is InChI=1S/C24H27N5O4S/c1-16(9-23-27-26-15-28(23)2)18-6-4-5-17(10-18)11-22(30)21-12-19(7-8-25-21)24(31)29-13-20(14-29)34(3,32)33/h4-8,10,12,15-16,20H,9,11,13-14H2,1-3H3/t16-/m1/s1. The number of amides is 1. The Morgan fingerprint density at radius 1 is 1.18 bits per heavy atom. The zero-order valence-electron chi connectivity index (χ0n) is 19.4. The first-order valence-corrected chi connectivity index (χ1v) is 13.0. The number of benzene rings is 1. The fraction of sp³-hybridized carbons (Fsp3) is 0.375. The molecule has 0 unspecified atom stereocenters. The Morgan fingerprint density at radius 3 is 2.62 bits per heavy atom. The second-order valence-corrected chi connectivity index (χ2v) is 11.2. The molecule has 1 amide bonds. The highest BCUT2D eigenvalue weighted by Crippen LogP contribution is 2.22. The van der Waals surface area contributed by atoms with Gasteiger partial charge in [-0.25, -0.2) is 8.42 Å². The molecule has 0 radical (unpaired) electrons. The molecule has 3 heterocycles. The van der Waals surface area contributed by atoms with Crippen LogP contribution in [0.5, 0.6) is 0 Å². The van der Waals surface area contributed by atoms with Crippen molar-refractivity contribution in [2.45, 2.75) is 30.9 Å². The number of hydrogen-bond acceptors (Lipinski definition) is 7. The largest absolute Gasteiger partial charge is 0.336 e. The fourth-order valence-corrected chi connectivity index (χ4v) is 4.84. The Bertz CT molecular complexity index is 1330. The van der Waals surface area contributed by atoms with Crippen molar-refractivity contribution in [2.24, 2.45) is 7.05 Å². The zero-order valence-corrected chi connectivity index (χ0v) is 20.2. The number of pyridine rings is 1. The van der Waals surface area contributed by atoms with Crippen molar-refractivity contribution in [1.29, 1.82) is 0 Å². The molecule has 1 saturated heterocycles. The van der Waals surface area contributed by atoms with E-state index in [4.69, 9.17) is 0 Å². The first kappa shape index (κ1) is 23.7. The van der Waals surface area contributed by atoms with Crippen molar-refractivity contribution in [3.05, 3.63) is 77.1 Å². The van der Waals surface area contributed by atoms with Crippen molar-refractivity contribution in [2.75, 3.05) is 19.3 Å². The number of ketones is 1. The summed E-state index contributed by atoms with van der Waals surface area (Å²) < 4.78 is 25.1. The number of aromatic nitrogens is 4. The molecule has 1 fully saturated rings. The lowest BCUT2D eigenvalue weighted by atomic mass is 9.94. The van der Waals surface area contributed by atoms with E-state index in [1.54, 1.807) is 12.4 Å². The summed E-state index contributed by atoms with van der Waals surface area (Å²) in [6.07, 6.45) is 5.18. The molecule has 0 N–H and O–H groups in total. The molecule has 10 heteroatoms. The van der Waals surface area contributed by atoms with Crippen LogP contribution in [0.15, 0.2) is 48.9 Å². The van der Waals surface area contributed by atoms with Crippen molar-refractivity contribution >= 4 is 21.5 Å². The van der Waals surface area contributed by atoms with Gasteiger partial charge in [0.05, 0.1) is 5.25 Å². The van der Waals surface area contributed by atoms with E-state index in [1.165, 1.54) is 23.4 Å². The molecule has 1 aliphatic rings. The molecular formula is C24H27N5O4S. The number of sulfone groups is 1. The van der Waals surface area contributed by atoms with Crippen LogP contribution < -0.4 is 0 Å². The molecule has 1 aliphatic heterocycles. The molecule has 178 valence electrons. The minimum absolute atomic E-state index is 0.162. The quantitative estimate of drug-likeness (QED) is 0.451. The number of carbonyl (C=O) groups excluding carboxylic acids is 2. The molecule has 0 saturated carbocycles. The number of Topliss-reactive ketones (excluding diaryl/α,β-unsaturated/α-hetero) is 1. The minimum atomic E-state index is -3.17. The second-order valence-electron chi connectivity index (χ2n) is 8.90. The lowest BCUT2D eigenvalue weighted by Gasteiger charge is -2.37. The summed E-state index contributed by atoms with van der Waals surface area (Å²) in [5.41, 5.74) is 2.51. The number of rotatable bonds is 8. The van der Waals surface area contributed by atoms with Gasteiger partial charge in [-0.1, -0.05) is 31.2 Å². The lowest BCUT2D eigenvalue weighted by Crippen LogP contribution is -2.56. The van der Waals surface area contributed by atoms with Gasteiger partial charge in [0.2, 0.25) is 0 Å². The van der Waals surface area contributed by atoms with Crippen LogP contribution >= 0.6 is 0 Å². The number of hydrogen-bond donors (Lipinski definition) is 0. The molecule has 34 heavy (non-hydrogen) atoms. The smallest absolute Gasteiger partial charge is 0.254 e. The summed E-state index contributed by atoms with van der Waals surface area (Å²) in [5.74, 6) is 0.607. The second kappa shape index (κ2) is 9.46. The summed E-state index contributed by atoms with van der Waals surface area (Å²) in [6.45, 7) is 2.45. The van der Waals surface area contributed by atoms with Crippen LogP contribution in [0.4, 0.5) is 0 Å². The molecule has 0 bridgehead atoms. The molecule has 9 nitrogen and oxygen atoms in total. The summed E-state index contributed by atoms with van der Waals surface area (Å²) >= 11 is 0. The summed E-state index contributed by atoms with van der Waals surface area (Å²) in [6, 6.07) is 10.9. The monoisotopic (exact) mass is 481 g/mol. The maximum atomic E-state index is 12.9. The van der Waals surface area contributed by atoms with E-state index in [9.17, 15) is 18.0 Å². The predicted octanol–water partition coefficient (Wildman–Crippen LogP) is 1.85. The van der Waals surface area contributed by atoms with E-state index in [0.717, 1.165) is 23.4 Å². The van der Waals surface area contributed by atoms with E-state index in [0.29, 0.717) is 5.56 Å². The Labute approximate surface area is 198 Å². The maximum Gasteiger partial charge on any atom is 0.254 e. The molecule has 1 aromatic carbocycles. The number of likely N-dealkylation sites (tertiary alicyclic amines) is 1. The average Bonchev–Trinajstić information content (AvgIpc) is 3.16. The molecule has 4 rings (SSSR count). The third kappa shape index (κ3) is 5.22. The predicted molar refractivity (Wildman–Crippen MR) is 126 cm³/mol. The lowest BCUT2D eigenvalue weighted by molar-refractivity contribution is 0.0659. The maximum absolute atomic E-state index is 12.9. The van der Waals surface area contributed by atoms with Crippen LogP contribution in [0.1, 0.15) is 50.6 Å². The summed E-state index contributed by atoms with van der Waals surface area (Å²) in [5, 5.41) is 7.54. The third-order valence-corrected chi connectivity index (χ3v) is 7.72. The van der Waals surface area contributed by atoms with Crippen molar-refractivity contribution < 1.29 is 18.0 Å². The summed E-state index contributed by atoms with van der Waals surface area (Å²) in [4.78, 5) is 31.2. The highest BCUT2D eigenvalue weighted by Gasteiger charge is 2.37. The van der Waals surface area contributed by atoms with Gasteiger partial charge in [-0.15, -0.1) is 10.2 Å². The fourth-order valence-electron chi connectivity index (χ4n) is 3.94. The highest BCUT2D eigenvalue weighted by molar-refractivity contribution is 7.91. The molecule has 0 aliphatic carbocycles. The Hall–Kier alpha value is -3.40. The van der Waals surface area contributed by atoms with E-state index < -0.39 is 15.1 Å². The SMILES string of the molecule is C[C@H](Cc1nncn1C)c1cccc(CC(=O)c2cc(C(=O)N3CC(S(C)(=O)=O)C3)ccn2)c1. The van der Waals surface area contributed by atoms with Gasteiger partial charge in [0.15, 0.2) is 15.6 Å². The first-order chi connectivity index (χ1) is 16.1. The molecule has 3 aromatic rings. The van der Waals surface area contributed by atoms with Crippen LogP contribution in [-0.2, 0) is 29.7 Å². The Balaban J connectivity index is 1.42. The van der Waals surface area contributed by atoms with Gasteiger partial charge in [-0.05, 0) is 29.2 Å². The van der Waals surface area contributed by atoms with E-state index in [1.807, 2.05) is 35.9 Å². The van der Waals surface area contributed by atoms with Gasteiger partial charge in [-0.3, -0.25) is 14.6 Å². The van der Waals surface area contributed by atoms with Crippen LogP contribution in [0.2, 0.25) is 0 Å². The van der Waals surface area contributed by atoms with Gasteiger partial charge >= 0.3 is 0 Å². The third-order valence-electron chi connectivity index (χ3n) is 6.21. The minimum Gasteiger partial charge on any atom is -0.336 e. The van der Waals surface area contributed by atoms with Crippen molar-refractivity contribution in [3.8, 4) is 0 Å². The van der Waals surface area contributed by atoms with Crippen LogP contribution in [-0.4, -0.2) is 69.4 Å². The highest BCUT2D eigenvalue weighted by atomic mass is 32.2. The van der Waals surface area contributed by atoms with Gasteiger partial charge in [0.1, 0.15) is 17.8 Å². The number of nitrogens with zero attached hydrogens (tertiary/aromatic N) is 5. The van der Waals surface area contributed by atoms with Crippen molar-refractivity contribution in [1.82, 2.24) is 24.6 Å². The van der Waals surface area contributed by atoms with Gasteiger partial charge in [0.25, 0.3) is 5.91 Å². The van der Waals surface area contributed by atoms with Gasteiger partial charge < -0.3 is 9.47 Å². The summed E-state index contributed by atoms with van der Waals surface area (Å²) in [7, 11) is -1.25. The molecule has 2 aromatic heterocycles. The van der Waals surface area contributed by atoms with Gasteiger partial charge in [0, 0.05) is 51.0 Å². The topological polar surface area (TPSA) is 115 Å². The normalized spacial score (nSPS) is 15.1. The molecular weight excluding hydrogens is 454 g/mol. The molecule has 0 spiro atoms. The van der Waals surface area contributed by atoms with Gasteiger partial charge in [-0.2, -0.15) is 0 Å². The van der Waals surface area contributed by atoms with Crippen LogP contribution in [0.3, 0.4) is 0 Å². The number of carbonyl (C=O) groups is 2. The van der Waals surface area contributed by atoms with Crippen LogP contribution in [0.25, 0.3) is 0 Å². The van der Waals surface area contributed by atoms with E-state index >= 15 is 0 Å². The zero-order chi connectivity index (χ0) is 24.5. The Kier molecular flexibility index (Phi) is 6.60. The Morgan fingerprint density at radius 2 is 1.94 bits per heavy atom. The average molecular weight is 482 g/mol.